The van der Waals surface area contributed by atoms with E-state index in [9.17, 15) is 4.79 Å². The van der Waals surface area contributed by atoms with Gasteiger partial charge in [-0.25, -0.2) is 0 Å². The quantitative estimate of drug-likeness (QED) is 0.769. The largest absolute Gasteiger partial charge is 0.396 e. The molecule has 0 fully saturated rings. The van der Waals surface area contributed by atoms with Crippen LogP contribution in [-0.2, 0) is 11.2 Å². The average Bonchev–Trinajstić information content (AvgIpc) is 2.38. The number of aliphatic hydroxyl groups is 1. The molecule has 94 valence electrons. The molecule has 0 aliphatic heterocycles. The molecule has 0 bridgehead atoms. The molecule has 0 saturated heterocycles. The van der Waals surface area contributed by atoms with Gasteiger partial charge in [0.15, 0.2) is 0 Å². The lowest BCUT2D eigenvalue weighted by atomic mass is 10.1. The van der Waals surface area contributed by atoms with Crippen molar-refractivity contribution in [2.75, 3.05) is 18.6 Å². The van der Waals surface area contributed by atoms with Crippen LogP contribution in [0.5, 0.6) is 0 Å². The van der Waals surface area contributed by atoms with Gasteiger partial charge in [0.25, 0.3) is 0 Å². The minimum Gasteiger partial charge on any atom is -0.396 e. The van der Waals surface area contributed by atoms with Crippen LogP contribution in [0.3, 0.4) is 0 Å². The molecule has 1 amide bonds. The van der Waals surface area contributed by atoms with Crippen molar-refractivity contribution in [2.45, 2.75) is 32.6 Å². The predicted molar refractivity (Wildman–Crippen MR) is 70.2 cm³/mol. The van der Waals surface area contributed by atoms with Gasteiger partial charge in [-0.05, 0) is 37.0 Å². The number of carbonyl (C=O) groups is 1. The highest BCUT2D eigenvalue weighted by Gasteiger charge is 2.09. The third-order valence-corrected chi connectivity index (χ3v) is 2.90. The van der Waals surface area contributed by atoms with Gasteiger partial charge in [-0.15, -0.1) is 0 Å². The molecule has 3 nitrogen and oxygen atoms in total. The smallest absolute Gasteiger partial charge is 0.226 e. The van der Waals surface area contributed by atoms with Crippen LogP contribution in [-0.4, -0.2) is 24.7 Å². The number of aliphatic hydroxyl groups excluding tert-OH is 1. The van der Waals surface area contributed by atoms with E-state index in [1.807, 2.05) is 24.3 Å². The van der Waals surface area contributed by atoms with Crippen LogP contribution in [0.15, 0.2) is 24.3 Å². The lowest BCUT2D eigenvalue weighted by molar-refractivity contribution is -0.118. The van der Waals surface area contributed by atoms with Crippen LogP contribution in [0, 0.1) is 0 Å². The molecule has 17 heavy (non-hydrogen) atoms. The normalized spacial score (nSPS) is 10.3. The van der Waals surface area contributed by atoms with Crippen LogP contribution in [0.4, 0.5) is 5.69 Å². The van der Waals surface area contributed by atoms with Crippen molar-refractivity contribution in [2.24, 2.45) is 0 Å². The van der Waals surface area contributed by atoms with E-state index >= 15 is 0 Å². The minimum atomic E-state index is 0.0997. The summed E-state index contributed by atoms with van der Waals surface area (Å²) in [4.78, 5) is 13.5. The zero-order chi connectivity index (χ0) is 12.7. The molecular weight excluding hydrogens is 214 g/mol. The SMILES string of the molecule is CCc1ccc(N(C)C(=O)CCCCO)cc1. The first-order valence-electron chi connectivity index (χ1n) is 6.15. The molecule has 0 heterocycles. The molecule has 0 saturated carbocycles. The van der Waals surface area contributed by atoms with Gasteiger partial charge in [0.05, 0.1) is 0 Å². The standard InChI is InChI=1S/C14H21NO2/c1-3-12-7-9-13(10-8-12)15(2)14(17)6-4-5-11-16/h7-10,16H,3-6,11H2,1-2H3. The monoisotopic (exact) mass is 235 g/mol. The first-order chi connectivity index (χ1) is 8.19. The molecule has 0 aromatic heterocycles. The Morgan fingerprint density at radius 1 is 1.24 bits per heavy atom. The van der Waals surface area contributed by atoms with Crippen molar-refractivity contribution >= 4 is 11.6 Å². The van der Waals surface area contributed by atoms with E-state index in [-0.39, 0.29) is 12.5 Å². The van der Waals surface area contributed by atoms with Crippen LogP contribution in [0.2, 0.25) is 0 Å². The van der Waals surface area contributed by atoms with Crippen LogP contribution in [0.25, 0.3) is 0 Å². The molecule has 0 aliphatic carbocycles. The highest BCUT2D eigenvalue weighted by molar-refractivity contribution is 5.92. The molecule has 0 radical (unpaired) electrons. The fourth-order valence-electron chi connectivity index (χ4n) is 1.65. The van der Waals surface area contributed by atoms with Gasteiger partial charge >= 0.3 is 0 Å². The highest BCUT2D eigenvalue weighted by atomic mass is 16.3. The second-order valence-electron chi connectivity index (χ2n) is 4.15. The maximum atomic E-state index is 11.8. The Kier molecular flexibility index (Phi) is 5.70. The molecule has 1 N–H and O–H groups in total. The zero-order valence-electron chi connectivity index (χ0n) is 10.6. The fourth-order valence-corrected chi connectivity index (χ4v) is 1.65. The summed E-state index contributed by atoms with van der Waals surface area (Å²) in [5.74, 6) is 0.0997. The maximum absolute atomic E-state index is 11.8. The second kappa shape index (κ2) is 7.07. The number of amides is 1. The lowest BCUT2D eigenvalue weighted by Crippen LogP contribution is -2.25. The summed E-state index contributed by atoms with van der Waals surface area (Å²) in [6, 6.07) is 8.05. The van der Waals surface area contributed by atoms with Crippen molar-refractivity contribution in [3.63, 3.8) is 0 Å². The van der Waals surface area contributed by atoms with Crippen molar-refractivity contribution in [1.29, 1.82) is 0 Å². The Labute approximate surface area is 103 Å². The maximum Gasteiger partial charge on any atom is 0.226 e. The molecular formula is C14H21NO2. The van der Waals surface area contributed by atoms with Crippen LogP contribution < -0.4 is 4.90 Å². The van der Waals surface area contributed by atoms with Gasteiger partial charge in [0.2, 0.25) is 5.91 Å². The average molecular weight is 235 g/mol. The zero-order valence-corrected chi connectivity index (χ0v) is 10.6. The minimum absolute atomic E-state index is 0.0997. The molecule has 1 aromatic rings. The van der Waals surface area contributed by atoms with Gasteiger partial charge in [-0.2, -0.15) is 0 Å². The van der Waals surface area contributed by atoms with Gasteiger partial charge in [-0.1, -0.05) is 19.1 Å². The fraction of sp³-hybridized carbons (Fsp3) is 0.500. The van der Waals surface area contributed by atoms with Crippen molar-refractivity contribution in [3.8, 4) is 0 Å². The van der Waals surface area contributed by atoms with Gasteiger partial charge < -0.3 is 10.0 Å². The highest BCUT2D eigenvalue weighted by Crippen LogP contribution is 2.15. The van der Waals surface area contributed by atoms with E-state index in [1.165, 1.54) is 5.56 Å². The number of hydrogen-bond acceptors (Lipinski definition) is 2. The van der Waals surface area contributed by atoms with Crippen LogP contribution in [0.1, 0.15) is 31.7 Å². The van der Waals surface area contributed by atoms with E-state index in [2.05, 4.69) is 6.92 Å². The van der Waals surface area contributed by atoms with E-state index < -0.39 is 0 Å². The number of carbonyl (C=O) groups excluding carboxylic acids is 1. The summed E-state index contributed by atoms with van der Waals surface area (Å²) < 4.78 is 0. The van der Waals surface area contributed by atoms with Gasteiger partial charge in [0, 0.05) is 25.8 Å². The van der Waals surface area contributed by atoms with E-state index in [4.69, 9.17) is 5.11 Å². The molecule has 0 unspecified atom stereocenters. The summed E-state index contributed by atoms with van der Waals surface area (Å²) in [5, 5.41) is 8.67. The lowest BCUT2D eigenvalue weighted by Gasteiger charge is -2.17. The number of anilines is 1. The Morgan fingerprint density at radius 2 is 1.88 bits per heavy atom. The van der Waals surface area contributed by atoms with E-state index in [1.54, 1.807) is 11.9 Å². The van der Waals surface area contributed by atoms with Gasteiger partial charge in [0.1, 0.15) is 0 Å². The Morgan fingerprint density at radius 3 is 2.41 bits per heavy atom. The number of unbranched alkanes of at least 4 members (excludes halogenated alkanes) is 1. The number of nitrogens with zero attached hydrogens (tertiary/aromatic N) is 1. The van der Waals surface area contributed by atoms with Crippen molar-refractivity contribution in [3.05, 3.63) is 29.8 Å². The van der Waals surface area contributed by atoms with Crippen LogP contribution >= 0.6 is 0 Å². The first-order valence-corrected chi connectivity index (χ1v) is 6.15. The summed E-state index contributed by atoms with van der Waals surface area (Å²) >= 11 is 0. The third kappa shape index (κ3) is 4.19. The molecule has 1 aromatic carbocycles. The van der Waals surface area contributed by atoms with Gasteiger partial charge in [-0.3, -0.25) is 4.79 Å². The number of rotatable bonds is 6. The topological polar surface area (TPSA) is 40.5 Å². The number of aryl methyl sites for hydroxylation is 1. The molecule has 0 spiro atoms. The predicted octanol–water partition coefficient (Wildman–Crippen LogP) is 2.37. The summed E-state index contributed by atoms with van der Waals surface area (Å²) in [6.07, 6.45) is 2.93. The molecule has 1 rings (SSSR count). The van der Waals surface area contributed by atoms with Crippen molar-refractivity contribution < 1.29 is 9.90 Å². The Bertz CT molecular complexity index is 346. The third-order valence-electron chi connectivity index (χ3n) is 2.90. The van der Waals surface area contributed by atoms with E-state index in [0.29, 0.717) is 12.8 Å². The summed E-state index contributed by atoms with van der Waals surface area (Å²) in [7, 11) is 1.79. The number of benzene rings is 1. The molecule has 0 aliphatic rings. The Balaban J connectivity index is 2.55. The summed E-state index contributed by atoms with van der Waals surface area (Å²) in [6.45, 7) is 2.26. The summed E-state index contributed by atoms with van der Waals surface area (Å²) in [5.41, 5.74) is 2.20. The van der Waals surface area contributed by atoms with Crippen molar-refractivity contribution in [1.82, 2.24) is 0 Å². The molecule has 3 heteroatoms. The van der Waals surface area contributed by atoms with E-state index in [0.717, 1.165) is 18.5 Å². The molecule has 0 atom stereocenters. The first kappa shape index (κ1) is 13.7. The Hall–Kier alpha value is -1.35. The second-order valence-corrected chi connectivity index (χ2v) is 4.15. The number of hydrogen-bond donors (Lipinski definition) is 1.